The van der Waals surface area contributed by atoms with Crippen LogP contribution in [0.1, 0.15) is 29.9 Å². The molecule has 4 amide bonds. The first-order valence-electron chi connectivity index (χ1n) is 13.0. The van der Waals surface area contributed by atoms with Crippen LogP contribution in [-0.4, -0.2) is 55.9 Å². The second-order valence-electron chi connectivity index (χ2n) is 10.7. The maximum atomic E-state index is 14.0. The minimum atomic E-state index is -1.93. The Labute approximate surface area is 254 Å². The number of phenols is 1. The van der Waals surface area contributed by atoms with Crippen LogP contribution in [-0.2, 0) is 19.2 Å². The molecule has 0 bridgehead atoms. The molecule has 0 spiro atoms. The van der Waals surface area contributed by atoms with Gasteiger partial charge in [0.15, 0.2) is 21.2 Å². The lowest BCUT2D eigenvalue weighted by atomic mass is 9.56. The monoisotopic (exact) mass is 658 g/mol. The van der Waals surface area contributed by atoms with Gasteiger partial charge in [-0.05, 0) is 54.2 Å². The molecular formula is C30H25BrCl2N2O6. The number of amides is 4. The summed E-state index contributed by atoms with van der Waals surface area (Å²) in [5.74, 6) is -5.07. The molecule has 2 aromatic carbocycles. The van der Waals surface area contributed by atoms with Gasteiger partial charge in [0.2, 0.25) is 11.8 Å². The second kappa shape index (κ2) is 9.71. The number of fused-ring (bicyclic) bond motifs is 4. The van der Waals surface area contributed by atoms with Crippen LogP contribution in [0.3, 0.4) is 0 Å². The van der Waals surface area contributed by atoms with Crippen LogP contribution in [0.15, 0.2) is 60.7 Å². The highest BCUT2D eigenvalue weighted by Gasteiger charge is 2.76. The zero-order valence-electron chi connectivity index (χ0n) is 21.9. The zero-order valence-corrected chi connectivity index (χ0v) is 24.9. The molecule has 6 rings (SSSR count). The summed E-state index contributed by atoms with van der Waals surface area (Å²) in [6, 6.07) is 11.5. The number of allylic oxidation sites excluding steroid dienone is 2. The van der Waals surface area contributed by atoms with E-state index in [1.54, 1.807) is 42.5 Å². The summed E-state index contributed by atoms with van der Waals surface area (Å²) in [5, 5.41) is 10.3. The lowest BCUT2D eigenvalue weighted by molar-refractivity contribution is -0.138. The number of aromatic hydroxyl groups is 1. The average Bonchev–Trinajstić information content (AvgIpc) is 3.31. The maximum absolute atomic E-state index is 14.0. The smallest absolute Gasteiger partial charge is 0.254 e. The summed E-state index contributed by atoms with van der Waals surface area (Å²) in [6.45, 7) is 3.74. The quantitative estimate of drug-likeness (QED) is 0.211. The van der Waals surface area contributed by atoms with Crippen molar-refractivity contribution in [2.75, 3.05) is 17.5 Å². The fourth-order valence-corrected chi connectivity index (χ4v) is 8.44. The topological polar surface area (TPSA) is 104 Å². The second-order valence-corrected chi connectivity index (χ2v) is 12.5. The fourth-order valence-electron chi connectivity index (χ4n) is 7.01. The molecule has 2 saturated heterocycles. The number of halogens is 3. The van der Waals surface area contributed by atoms with E-state index in [-0.39, 0.29) is 41.6 Å². The molecular weight excluding hydrogens is 635 g/mol. The highest BCUT2D eigenvalue weighted by atomic mass is 79.9. The molecule has 1 saturated carbocycles. The van der Waals surface area contributed by atoms with Gasteiger partial charge in [0.25, 0.3) is 11.8 Å². The maximum Gasteiger partial charge on any atom is 0.254 e. The van der Waals surface area contributed by atoms with Crippen molar-refractivity contribution in [1.82, 2.24) is 4.90 Å². The Morgan fingerprint density at radius 1 is 1.07 bits per heavy atom. The van der Waals surface area contributed by atoms with Crippen LogP contribution in [0, 0.1) is 17.8 Å². The molecule has 41 heavy (non-hydrogen) atoms. The Kier molecular flexibility index (Phi) is 6.63. The summed E-state index contributed by atoms with van der Waals surface area (Å²) in [7, 11) is 1.39. The van der Waals surface area contributed by atoms with E-state index in [4.69, 9.17) is 27.9 Å². The summed E-state index contributed by atoms with van der Waals surface area (Å²) < 4.78 is 5.33. The van der Waals surface area contributed by atoms with Crippen molar-refractivity contribution in [3.63, 3.8) is 0 Å². The van der Waals surface area contributed by atoms with Crippen molar-refractivity contribution in [2.24, 2.45) is 17.8 Å². The van der Waals surface area contributed by atoms with E-state index in [1.807, 2.05) is 6.08 Å². The lowest BCUT2D eigenvalue weighted by Crippen LogP contribution is -2.60. The molecule has 2 aliphatic heterocycles. The van der Waals surface area contributed by atoms with Gasteiger partial charge in [0.1, 0.15) is 0 Å². The first kappa shape index (κ1) is 28.0. The third kappa shape index (κ3) is 3.64. The van der Waals surface area contributed by atoms with E-state index in [1.165, 1.54) is 18.1 Å². The SMILES string of the molecule is C=Cc1ccc(N2C(=O)C3CC=C4C(CC5(Cl)C(=O)N(CBr)C(=O)C5(Cl)C4c4ccc(O)c(OC)c4)C3C2=O)cc1. The number of carbonyl (C=O) groups excluding carboxylic acids is 4. The first-order valence-corrected chi connectivity index (χ1v) is 14.9. The van der Waals surface area contributed by atoms with Crippen molar-refractivity contribution < 1.29 is 29.0 Å². The molecule has 2 heterocycles. The third-order valence-electron chi connectivity index (χ3n) is 8.94. The molecule has 0 aromatic heterocycles. The molecule has 11 heteroatoms. The Morgan fingerprint density at radius 3 is 2.41 bits per heavy atom. The number of likely N-dealkylation sites (tertiary alicyclic amines) is 1. The predicted molar refractivity (Wildman–Crippen MR) is 157 cm³/mol. The van der Waals surface area contributed by atoms with Gasteiger partial charge >= 0.3 is 0 Å². The molecule has 1 N–H and O–H groups in total. The van der Waals surface area contributed by atoms with Crippen LogP contribution < -0.4 is 9.64 Å². The van der Waals surface area contributed by atoms with Gasteiger partial charge in [-0.3, -0.25) is 29.0 Å². The number of hydrogen-bond acceptors (Lipinski definition) is 6. The summed E-state index contributed by atoms with van der Waals surface area (Å²) in [6.07, 6.45) is 3.68. The number of phenolic OH excluding ortho intramolecular Hbond substituents is 1. The number of carbonyl (C=O) groups is 4. The highest BCUT2D eigenvalue weighted by Crippen LogP contribution is 2.65. The summed E-state index contributed by atoms with van der Waals surface area (Å²) in [4.78, 5) is 53.6. The Hall–Kier alpha value is -3.14. The molecule has 4 aliphatic rings. The normalized spacial score (nSPS) is 32.4. The standard InChI is InChI=1S/C30H25BrCl2N2O6/c1-3-15-4-7-17(8-5-15)35-25(37)19-10-9-18-20(23(19)26(35)38)13-29(32)27(39)34(14-31)28(40)30(29,33)24(18)16-6-11-21(36)22(12-16)41-2/h3-9,11-12,19-20,23-24,36H,1,10,13-14H2,2H3. The molecule has 2 aromatic rings. The number of ether oxygens (including phenoxy) is 1. The van der Waals surface area contributed by atoms with Gasteiger partial charge in [-0.1, -0.05) is 58.4 Å². The molecule has 0 radical (unpaired) electrons. The molecule has 6 atom stereocenters. The van der Waals surface area contributed by atoms with Crippen LogP contribution >= 0.6 is 39.1 Å². The van der Waals surface area contributed by atoms with Gasteiger partial charge in [0, 0.05) is 5.92 Å². The molecule has 8 nitrogen and oxygen atoms in total. The third-order valence-corrected chi connectivity index (χ3v) is 10.9. The Morgan fingerprint density at radius 2 is 1.78 bits per heavy atom. The Balaban J connectivity index is 1.51. The fraction of sp³-hybridized carbons (Fsp3) is 0.333. The van der Waals surface area contributed by atoms with Crippen molar-refractivity contribution in [2.45, 2.75) is 28.5 Å². The number of nitrogens with zero attached hydrogens (tertiary/aromatic N) is 2. The van der Waals surface area contributed by atoms with E-state index >= 15 is 0 Å². The molecule has 2 aliphatic carbocycles. The number of benzene rings is 2. The molecule has 6 unspecified atom stereocenters. The number of anilines is 1. The summed E-state index contributed by atoms with van der Waals surface area (Å²) >= 11 is 17.7. The molecule has 3 fully saturated rings. The minimum Gasteiger partial charge on any atom is -0.504 e. The number of imide groups is 2. The van der Waals surface area contributed by atoms with E-state index in [9.17, 15) is 24.3 Å². The van der Waals surface area contributed by atoms with Crippen LogP contribution in [0.4, 0.5) is 5.69 Å². The number of hydrogen-bond donors (Lipinski definition) is 1. The number of rotatable bonds is 5. The van der Waals surface area contributed by atoms with E-state index in [2.05, 4.69) is 22.5 Å². The average molecular weight is 660 g/mol. The van der Waals surface area contributed by atoms with E-state index in [0.29, 0.717) is 16.8 Å². The van der Waals surface area contributed by atoms with Crippen molar-refractivity contribution >= 4 is 74.5 Å². The van der Waals surface area contributed by atoms with Crippen molar-refractivity contribution in [3.8, 4) is 11.5 Å². The van der Waals surface area contributed by atoms with Gasteiger partial charge < -0.3 is 9.84 Å². The predicted octanol–water partition coefficient (Wildman–Crippen LogP) is 4.96. The summed E-state index contributed by atoms with van der Waals surface area (Å²) in [5.41, 5.74) is 2.33. The van der Waals surface area contributed by atoms with Gasteiger partial charge in [0.05, 0.1) is 30.1 Å². The van der Waals surface area contributed by atoms with Gasteiger partial charge in [-0.25, -0.2) is 0 Å². The van der Waals surface area contributed by atoms with Gasteiger partial charge in [-0.15, -0.1) is 23.2 Å². The van der Waals surface area contributed by atoms with Crippen LogP contribution in [0.5, 0.6) is 11.5 Å². The Bertz CT molecular complexity index is 1560. The highest BCUT2D eigenvalue weighted by molar-refractivity contribution is 9.09. The largest absolute Gasteiger partial charge is 0.504 e. The van der Waals surface area contributed by atoms with Gasteiger partial charge in [-0.2, -0.15) is 0 Å². The minimum absolute atomic E-state index is 0.104. The van der Waals surface area contributed by atoms with E-state index in [0.717, 1.165) is 10.5 Å². The van der Waals surface area contributed by atoms with Crippen LogP contribution in [0.2, 0.25) is 0 Å². The number of methoxy groups -OCH3 is 1. The van der Waals surface area contributed by atoms with Crippen molar-refractivity contribution in [3.05, 3.63) is 71.8 Å². The molecule has 212 valence electrons. The zero-order chi connectivity index (χ0) is 29.4. The number of alkyl halides is 3. The van der Waals surface area contributed by atoms with Crippen LogP contribution in [0.25, 0.3) is 6.08 Å². The van der Waals surface area contributed by atoms with Crippen molar-refractivity contribution in [1.29, 1.82) is 0 Å². The lowest BCUT2D eigenvalue weighted by Gasteiger charge is -2.50. The van der Waals surface area contributed by atoms with E-state index < -0.39 is 45.2 Å². The first-order chi connectivity index (χ1) is 19.5.